The average Bonchev–Trinajstić information content (AvgIpc) is 2.67. The number of carboxylic acids is 1. The van der Waals surface area contributed by atoms with Crippen molar-refractivity contribution in [2.45, 2.75) is 10.1 Å². The van der Waals surface area contributed by atoms with Crippen LogP contribution in [0, 0.1) is 5.82 Å². The quantitative estimate of drug-likeness (QED) is 0.817. The molecule has 0 aliphatic rings. The Labute approximate surface area is 106 Å². The molecular weight excluding hydrogens is 259 g/mol. The molecule has 2 aromatic rings. The van der Waals surface area contributed by atoms with E-state index in [1.54, 1.807) is 7.05 Å². The summed E-state index contributed by atoms with van der Waals surface area (Å²) in [5.74, 6) is -1.79. The predicted octanol–water partition coefficient (Wildman–Crippen LogP) is 1.39. The van der Waals surface area contributed by atoms with E-state index in [1.165, 1.54) is 17.1 Å². The van der Waals surface area contributed by atoms with Crippen molar-refractivity contribution in [1.29, 1.82) is 0 Å². The monoisotopic (exact) mass is 268 g/mol. The van der Waals surface area contributed by atoms with Crippen LogP contribution in [0.5, 0.6) is 0 Å². The van der Waals surface area contributed by atoms with Gasteiger partial charge in [0.25, 0.3) is 0 Å². The number of hydrogen-bond donors (Lipinski definition) is 2. The smallest absolute Gasteiger partial charge is 0.337 e. The van der Waals surface area contributed by atoms with E-state index in [0.717, 1.165) is 17.8 Å². The molecule has 0 bridgehead atoms. The fourth-order valence-corrected chi connectivity index (χ4v) is 2.12. The number of aromatic carboxylic acids is 1. The number of hydrogen-bond acceptors (Lipinski definition) is 5. The molecule has 0 radical (unpaired) electrons. The van der Waals surface area contributed by atoms with Gasteiger partial charge in [0, 0.05) is 12.7 Å². The second kappa shape index (κ2) is 4.65. The van der Waals surface area contributed by atoms with Crippen molar-refractivity contribution in [3.63, 3.8) is 0 Å². The van der Waals surface area contributed by atoms with Crippen LogP contribution in [-0.4, -0.2) is 25.8 Å². The van der Waals surface area contributed by atoms with Crippen LogP contribution < -0.4 is 5.73 Å². The summed E-state index contributed by atoms with van der Waals surface area (Å²) in [4.78, 5) is 15.0. The Hall–Kier alpha value is -2.09. The molecule has 1 aromatic carbocycles. The summed E-state index contributed by atoms with van der Waals surface area (Å²) in [6.07, 6.45) is 1.33. The first-order chi connectivity index (χ1) is 8.49. The van der Waals surface area contributed by atoms with E-state index in [4.69, 9.17) is 10.8 Å². The van der Waals surface area contributed by atoms with Crippen molar-refractivity contribution >= 4 is 23.4 Å². The molecule has 1 aromatic heterocycles. The van der Waals surface area contributed by atoms with Crippen molar-refractivity contribution in [3.8, 4) is 0 Å². The Morgan fingerprint density at radius 2 is 2.28 bits per heavy atom. The van der Waals surface area contributed by atoms with Gasteiger partial charge in [-0.1, -0.05) is 0 Å². The average molecular weight is 268 g/mol. The molecule has 3 N–H and O–H groups in total. The summed E-state index contributed by atoms with van der Waals surface area (Å²) in [6.45, 7) is 0. The summed E-state index contributed by atoms with van der Waals surface area (Å²) in [6, 6.07) is 2.18. The van der Waals surface area contributed by atoms with Gasteiger partial charge in [-0.25, -0.2) is 18.9 Å². The molecule has 0 aliphatic carbocycles. The summed E-state index contributed by atoms with van der Waals surface area (Å²) >= 11 is 0.983. The number of halogens is 1. The summed E-state index contributed by atoms with van der Waals surface area (Å²) in [7, 11) is 1.66. The Bertz CT molecular complexity index is 614. The number of nitrogen functional groups attached to an aromatic ring is 1. The van der Waals surface area contributed by atoms with Crippen LogP contribution in [0.3, 0.4) is 0 Å². The maximum Gasteiger partial charge on any atom is 0.337 e. The van der Waals surface area contributed by atoms with E-state index in [0.29, 0.717) is 5.16 Å². The number of carbonyl (C=O) groups is 1. The molecule has 6 nitrogen and oxygen atoms in total. The third-order valence-electron chi connectivity index (χ3n) is 2.21. The van der Waals surface area contributed by atoms with Crippen LogP contribution in [-0.2, 0) is 7.05 Å². The van der Waals surface area contributed by atoms with Crippen LogP contribution in [0.15, 0.2) is 28.5 Å². The van der Waals surface area contributed by atoms with Crippen molar-refractivity contribution in [2.24, 2.45) is 7.05 Å². The van der Waals surface area contributed by atoms with Crippen LogP contribution in [0.2, 0.25) is 0 Å². The molecule has 0 amide bonds. The van der Waals surface area contributed by atoms with Crippen molar-refractivity contribution < 1.29 is 14.3 Å². The van der Waals surface area contributed by atoms with Gasteiger partial charge >= 0.3 is 5.97 Å². The molecule has 0 unspecified atom stereocenters. The van der Waals surface area contributed by atoms with Gasteiger partial charge in [0.1, 0.15) is 12.1 Å². The fraction of sp³-hybridized carbons (Fsp3) is 0.100. The van der Waals surface area contributed by atoms with E-state index in [2.05, 4.69) is 10.1 Å². The minimum absolute atomic E-state index is 0.109. The number of anilines is 1. The Balaban J connectivity index is 2.42. The molecule has 0 atom stereocenters. The van der Waals surface area contributed by atoms with E-state index >= 15 is 0 Å². The summed E-state index contributed by atoms with van der Waals surface area (Å²) in [5, 5.41) is 13.2. The molecule has 0 saturated carbocycles. The molecule has 0 saturated heterocycles. The number of aromatic nitrogens is 3. The van der Waals surface area contributed by atoms with Gasteiger partial charge in [-0.15, -0.1) is 0 Å². The number of benzene rings is 1. The maximum absolute atomic E-state index is 13.7. The lowest BCUT2D eigenvalue weighted by molar-refractivity contribution is 0.0697. The van der Waals surface area contributed by atoms with Gasteiger partial charge in [0.05, 0.1) is 10.5 Å². The van der Waals surface area contributed by atoms with E-state index in [9.17, 15) is 9.18 Å². The van der Waals surface area contributed by atoms with E-state index in [-0.39, 0.29) is 16.1 Å². The maximum atomic E-state index is 13.7. The SMILES string of the molecule is Cn1ncnc1Sc1cc(C(=O)O)c(N)cc1F. The summed E-state index contributed by atoms with van der Waals surface area (Å²) in [5.41, 5.74) is 5.18. The molecule has 94 valence electrons. The lowest BCUT2D eigenvalue weighted by Crippen LogP contribution is -2.04. The van der Waals surface area contributed by atoms with Gasteiger partial charge in [0.15, 0.2) is 5.16 Å². The standard InChI is InChI=1S/C10H9FN4O2S/c1-15-10(13-4-14-15)18-8-2-5(9(16)17)7(12)3-6(8)11/h2-4H,12H2,1H3,(H,16,17). The number of rotatable bonds is 3. The van der Waals surface area contributed by atoms with E-state index in [1.807, 2.05) is 0 Å². The summed E-state index contributed by atoms with van der Waals surface area (Å²) < 4.78 is 15.1. The molecule has 2 rings (SSSR count). The molecule has 0 fully saturated rings. The minimum atomic E-state index is -1.20. The zero-order valence-corrected chi connectivity index (χ0v) is 10.1. The topological polar surface area (TPSA) is 94.0 Å². The lowest BCUT2D eigenvalue weighted by Gasteiger charge is -2.06. The number of nitrogens with two attached hydrogens (primary N) is 1. The number of aryl methyl sites for hydroxylation is 1. The Morgan fingerprint density at radius 3 is 2.83 bits per heavy atom. The van der Waals surface area contributed by atoms with E-state index < -0.39 is 11.8 Å². The second-order valence-electron chi connectivity index (χ2n) is 3.44. The number of nitrogens with zero attached hydrogens (tertiary/aromatic N) is 3. The zero-order chi connectivity index (χ0) is 13.3. The van der Waals surface area contributed by atoms with Crippen molar-refractivity contribution in [1.82, 2.24) is 14.8 Å². The van der Waals surface area contributed by atoms with Gasteiger partial charge in [0.2, 0.25) is 0 Å². The fourth-order valence-electron chi connectivity index (χ4n) is 1.31. The zero-order valence-electron chi connectivity index (χ0n) is 9.29. The first kappa shape index (κ1) is 12.4. The predicted molar refractivity (Wildman–Crippen MR) is 62.9 cm³/mol. The Kier molecular flexibility index (Phi) is 3.19. The van der Waals surface area contributed by atoms with Crippen LogP contribution in [0.4, 0.5) is 10.1 Å². The van der Waals surface area contributed by atoms with Crippen LogP contribution >= 0.6 is 11.8 Å². The molecule has 8 heteroatoms. The highest BCUT2D eigenvalue weighted by Crippen LogP contribution is 2.30. The third kappa shape index (κ3) is 2.28. The molecular formula is C10H9FN4O2S. The first-order valence-electron chi connectivity index (χ1n) is 4.83. The highest BCUT2D eigenvalue weighted by Gasteiger charge is 2.15. The van der Waals surface area contributed by atoms with Crippen LogP contribution in [0.25, 0.3) is 0 Å². The minimum Gasteiger partial charge on any atom is -0.478 e. The van der Waals surface area contributed by atoms with Crippen molar-refractivity contribution in [3.05, 3.63) is 29.8 Å². The largest absolute Gasteiger partial charge is 0.478 e. The third-order valence-corrected chi connectivity index (χ3v) is 3.29. The highest BCUT2D eigenvalue weighted by molar-refractivity contribution is 7.99. The van der Waals surface area contributed by atoms with Crippen molar-refractivity contribution in [2.75, 3.05) is 5.73 Å². The Morgan fingerprint density at radius 1 is 1.56 bits per heavy atom. The first-order valence-corrected chi connectivity index (χ1v) is 5.65. The van der Waals surface area contributed by atoms with Gasteiger partial charge in [-0.3, -0.25) is 0 Å². The van der Waals surface area contributed by atoms with Gasteiger partial charge in [-0.2, -0.15) is 5.10 Å². The normalized spacial score (nSPS) is 10.6. The van der Waals surface area contributed by atoms with Crippen LogP contribution in [0.1, 0.15) is 10.4 Å². The molecule has 18 heavy (non-hydrogen) atoms. The molecule has 0 spiro atoms. The molecule has 0 aliphatic heterocycles. The number of carboxylic acid groups (broad SMARTS) is 1. The highest BCUT2D eigenvalue weighted by atomic mass is 32.2. The van der Waals surface area contributed by atoms with Gasteiger partial charge in [-0.05, 0) is 23.9 Å². The van der Waals surface area contributed by atoms with Gasteiger partial charge < -0.3 is 10.8 Å². The lowest BCUT2D eigenvalue weighted by atomic mass is 10.2. The molecule has 1 heterocycles. The second-order valence-corrected chi connectivity index (χ2v) is 4.45.